The van der Waals surface area contributed by atoms with Gasteiger partial charge in [0.2, 0.25) is 0 Å². The standard InChI is InChI=1S/C21H28N2S/c1-14-8-9-18(12-15(14)2)21(22-23(5)6)19-10-11-20(16(3)13-19)17(4)24-7/h8-13,17H,1-7H3. The van der Waals surface area contributed by atoms with E-state index >= 15 is 0 Å². The fourth-order valence-electron chi connectivity index (χ4n) is 2.78. The van der Waals surface area contributed by atoms with Gasteiger partial charge in [-0.25, -0.2) is 0 Å². The second-order valence-electron chi connectivity index (χ2n) is 6.54. The van der Waals surface area contributed by atoms with Crippen LogP contribution in [0, 0.1) is 20.8 Å². The number of nitrogens with zero attached hydrogens (tertiary/aromatic N) is 2. The lowest BCUT2D eigenvalue weighted by molar-refractivity contribution is 0.438. The summed E-state index contributed by atoms with van der Waals surface area (Å²) in [6.45, 7) is 8.75. The molecule has 0 spiro atoms. The van der Waals surface area contributed by atoms with E-state index in [4.69, 9.17) is 5.10 Å². The molecule has 0 saturated heterocycles. The van der Waals surface area contributed by atoms with Gasteiger partial charge in [-0.15, -0.1) is 0 Å². The van der Waals surface area contributed by atoms with Crippen LogP contribution in [0.5, 0.6) is 0 Å². The molecule has 2 aromatic carbocycles. The minimum atomic E-state index is 0.509. The minimum absolute atomic E-state index is 0.509. The van der Waals surface area contributed by atoms with Gasteiger partial charge < -0.3 is 5.01 Å². The molecule has 0 amide bonds. The van der Waals surface area contributed by atoms with Crippen LogP contribution >= 0.6 is 11.8 Å². The molecule has 0 fully saturated rings. The van der Waals surface area contributed by atoms with Crippen molar-refractivity contribution in [1.29, 1.82) is 0 Å². The lowest BCUT2D eigenvalue weighted by Gasteiger charge is -2.16. The summed E-state index contributed by atoms with van der Waals surface area (Å²) in [7, 11) is 3.94. The van der Waals surface area contributed by atoms with Crippen LogP contribution in [-0.4, -0.2) is 31.1 Å². The van der Waals surface area contributed by atoms with Crippen LogP contribution in [0.3, 0.4) is 0 Å². The Morgan fingerprint density at radius 3 is 2.00 bits per heavy atom. The Morgan fingerprint density at radius 2 is 1.50 bits per heavy atom. The molecule has 0 N–H and O–H groups in total. The first-order valence-electron chi connectivity index (χ1n) is 8.30. The van der Waals surface area contributed by atoms with Crippen molar-refractivity contribution >= 4 is 17.5 Å². The summed E-state index contributed by atoms with van der Waals surface area (Å²) < 4.78 is 0. The normalized spacial score (nSPS) is 13.0. The highest BCUT2D eigenvalue weighted by atomic mass is 32.2. The lowest BCUT2D eigenvalue weighted by Crippen LogP contribution is -2.12. The third-order valence-corrected chi connectivity index (χ3v) is 5.38. The molecule has 0 aliphatic heterocycles. The number of hydrogen-bond donors (Lipinski definition) is 0. The van der Waals surface area contributed by atoms with E-state index in [-0.39, 0.29) is 0 Å². The Labute approximate surface area is 151 Å². The van der Waals surface area contributed by atoms with Crippen molar-refractivity contribution < 1.29 is 0 Å². The zero-order valence-corrected chi connectivity index (χ0v) is 16.7. The van der Waals surface area contributed by atoms with E-state index in [1.165, 1.54) is 27.8 Å². The molecule has 1 unspecified atom stereocenters. The van der Waals surface area contributed by atoms with E-state index in [1.807, 2.05) is 30.9 Å². The molecule has 2 nitrogen and oxygen atoms in total. The van der Waals surface area contributed by atoms with Crippen LogP contribution in [-0.2, 0) is 0 Å². The first kappa shape index (κ1) is 18.6. The van der Waals surface area contributed by atoms with E-state index in [9.17, 15) is 0 Å². The average molecular weight is 341 g/mol. The highest BCUT2D eigenvalue weighted by molar-refractivity contribution is 7.98. The van der Waals surface area contributed by atoms with Crippen LogP contribution in [0.2, 0.25) is 0 Å². The van der Waals surface area contributed by atoms with Crippen LogP contribution in [0.4, 0.5) is 0 Å². The number of hydrogen-bond acceptors (Lipinski definition) is 3. The summed E-state index contributed by atoms with van der Waals surface area (Å²) in [5, 5.41) is 7.15. The molecule has 0 radical (unpaired) electrons. The van der Waals surface area contributed by atoms with Crippen LogP contribution in [0.1, 0.15) is 45.6 Å². The number of hydrazone groups is 1. The first-order chi connectivity index (χ1) is 11.3. The highest BCUT2D eigenvalue weighted by Gasteiger charge is 2.13. The van der Waals surface area contributed by atoms with Gasteiger partial charge >= 0.3 is 0 Å². The second-order valence-corrected chi connectivity index (χ2v) is 7.72. The van der Waals surface area contributed by atoms with Crippen LogP contribution in [0.15, 0.2) is 41.5 Å². The molecule has 0 saturated carbocycles. The molecule has 0 bridgehead atoms. The minimum Gasteiger partial charge on any atom is -0.303 e. The fourth-order valence-corrected chi connectivity index (χ4v) is 3.30. The molecule has 0 aliphatic rings. The molecule has 2 rings (SSSR count). The van der Waals surface area contributed by atoms with Gasteiger partial charge in [0, 0.05) is 30.5 Å². The van der Waals surface area contributed by atoms with Crippen molar-refractivity contribution in [3.8, 4) is 0 Å². The van der Waals surface area contributed by atoms with Gasteiger partial charge in [0.25, 0.3) is 0 Å². The zero-order valence-electron chi connectivity index (χ0n) is 15.8. The van der Waals surface area contributed by atoms with Crippen molar-refractivity contribution in [2.75, 3.05) is 20.4 Å². The molecule has 0 aromatic heterocycles. The molecule has 2 aromatic rings. The Hall–Kier alpha value is -1.74. The van der Waals surface area contributed by atoms with E-state index in [0.29, 0.717) is 5.25 Å². The number of aryl methyl sites for hydroxylation is 3. The SMILES string of the molecule is CSC(C)c1ccc(C(=NN(C)C)c2ccc(C)c(C)c2)cc1C. The molecule has 0 aliphatic carbocycles. The molecular weight excluding hydrogens is 312 g/mol. The summed E-state index contributed by atoms with van der Waals surface area (Å²) in [6, 6.07) is 13.3. The van der Waals surface area contributed by atoms with Gasteiger partial charge in [-0.2, -0.15) is 16.9 Å². The Kier molecular flexibility index (Phi) is 6.11. The van der Waals surface area contributed by atoms with Crippen molar-refractivity contribution in [2.45, 2.75) is 32.9 Å². The third-order valence-electron chi connectivity index (χ3n) is 4.42. The number of rotatable bonds is 5. The van der Waals surface area contributed by atoms with Crippen molar-refractivity contribution in [2.24, 2.45) is 5.10 Å². The van der Waals surface area contributed by atoms with Gasteiger partial charge in [0.05, 0.1) is 5.71 Å². The number of thioether (sulfide) groups is 1. The van der Waals surface area contributed by atoms with Gasteiger partial charge in [-0.1, -0.05) is 24.3 Å². The highest BCUT2D eigenvalue weighted by Crippen LogP contribution is 2.29. The van der Waals surface area contributed by atoms with E-state index < -0.39 is 0 Å². The molecule has 1 atom stereocenters. The molecular formula is C21H28N2S. The number of benzene rings is 2. The molecule has 0 heterocycles. The fraction of sp³-hybridized carbons (Fsp3) is 0.381. The van der Waals surface area contributed by atoms with Crippen molar-refractivity contribution in [3.05, 3.63) is 69.8 Å². The molecule has 3 heteroatoms. The largest absolute Gasteiger partial charge is 0.303 e. The quantitative estimate of drug-likeness (QED) is 0.538. The van der Waals surface area contributed by atoms with E-state index in [2.05, 4.69) is 70.3 Å². The van der Waals surface area contributed by atoms with Gasteiger partial charge in [0.1, 0.15) is 0 Å². The molecule has 128 valence electrons. The maximum atomic E-state index is 4.77. The topological polar surface area (TPSA) is 15.6 Å². The Bertz CT molecular complexity index is 747. The summed E-state index contributed by atoms with van der Waals surface area (Å²) in [5.74, 6) is 0. The average Bonchev–Trinajstić information content (AvgIpc) is 2.54. The van der Waals surface area contributed by atoms with Crippen LogP contribution in [0.25, 0.3) is 0 Å². The summed E-state index contributed by atoms with van der Waals surface area (Å²) in [4.78, 5) is 0. The monoisotopic (exact) mass is 340 g/mol. The van der Waals surface area contributed by atoms with Crippen LogP contribution < -0.4 is 0 Å². The van der Waals surface area contributed by atoms with Gasteiger partial charge in [-0.05, 0) is 68.3 Å². The Balaban J connectivity index is 2.53. The van der Waals surface area contributed by atoms with Crippen molar-refractivity contribution in [1.82, 2.24) is 5.01 Å². The maximum absolute atomic E-state index is 4.77. The van der Waals surface area contributed by atoms with Crippen molar-refractivity contribution in [3.63, 3.8) is 0 Å². The Morgan fingerprint density at radius 1 is 0.917 bits per heavy atom. The van der Waals surface area contributed by atoms with E-state index in [0.717, 1.165) is 11.3 Å². The summed E-state index contributed by atoms with van der Waals surface area (Å²) >= 11 is 1.88. The first-order valence-corrected chi connectivity index (χ1v) is 9.59. The zero-order chi connectivity index (χ0) is 17.9. The maximum Gasteiger partial charge on any atom is 0.0976 e. The van der Waals surface area contributed by atoms with E-state index in [1.54, 1.807) is 0 Å². The lowest BCUT2D eigenvalue weighted by atomic mass is 9.95. The predicted molar refractivity (Wildman–Crippen MR) is 108 cm³/mol. The second kappa shape index (κ2) is 7.89. The summed E-state index contributed by atoms with van der Waals surface area (Å²) in [5.41, 5.74) is 8.68. The van der Waals surface area contributed by atoms with Gasteiger partial charge in [0.15, 0.2) is 0 Å². The molecule has 24 heavy (non-hydrogen) atoms. The smallest absolute Gasteiger partial charge is 0.0976 e. The third kappa shape index (κ3) is 4.21. The van der Waals surface area contributed by atoms with Gasteiger partial charge in [-0.3, -0.25) is 0 Å². The predicted octanol–water partition coefficient (Wildman–Crippen LogP) is 5.35. The summed E-state index contributed by atoms with van der Waals surface area (Å²) in [6.07, 6.45) is 2.16.